The van der Waals surface area contributed by atoms with E-state index in [1.165, 1.54) is 7.11 Å². The molecule has 1 atom stereocenters. The molecule has 0 spiro atoms. The molecule has 0 aliphatic heterocycles. The monoisotopic (exact) mass is 278 g/mol. The standard InChI is InChI=1S/C15H22N2O3/c1-4-11(2)16-10-9-14(18)17-13-7-5-12(6-8-13)15(19)20-3/h5-8,11,16H,4,9-10H2,1-3H3,(H,17,18). The van der Waals surface area contributed by atoms with E-state index in [4.69, 9.17) is 0 Å². The molecule has 1 amide bonds. The van der Waals surface area contributed by atoms with Crippen molar-refractivity contribution in [1.82, 2.24) is 5.32 Å². The number of benzene rings is 1. The summed E-state index contributed by atoms with van der Waals surface area (Å²) in [6.07, 6.45) is 1.46. The average molecular weight is 278 g/mol. The van der Waals surface area contributed by atoms with Crippen LogP contribution < -0.4 is 10.6 Å². The minimum atomic E-state index is -0.388. The van der Waals surface area contributed by atoms with Gasteiger partial charge in [0.1, 0.15) is 0 Å². The van der Waals surface area contributed by atoms with Gasteiger partial charge < -0.3 is 15.4 Å². The summed E-state index contributed by atoms with van der Waals surface area (Å²) >= 11 is 0. The summed E-state index contributed by atoms with van der Waals surface area (Å²) in [6.45, 7) is 4.84. The molecule has 5 heteroatoms. The van der Waals surface area contributed by atoms with Crippen LogP contribution in [0.1, 0.15) is 37.0 Å². The van der Waals surface area contributed by atoms with Crippen LogP contribution in [0, 0.1) is 0 Å². The van der Waals surface area contributed by atoms with Crippen LogP contribution in [-0.4, -0.2) is 31.6 Å². The number of hydrogen-bond donors (Lipinski definition) is 2. The molecule has 20 heavy (non-hydrogen) atoms. The molecule has 0 saturated carbocycles. The second kappa shape index (κ2) is 8.32. The van der Waals surface area contributed by atoms with Crippen molar-refractivity contribution in [3.8, 4) is 0 Å². The fourth-order valence-electron chi connectivity index (χ4n) is 1.61. The molecule has 1 aromatic rings. The zero-order chi connectivity index (χ0) is 15.0. The molecule has 2 N–H and O–H groups in total. The number of nitrogens with one attached hydrogen (secondary N) is 2. The number of ether oxygens (including phenoxy) is 1. The van der Waals surface area contributed by atoms with E-state index in [0.717, 1.165) is 6.42 Å². The summed E-state index contributed by atoms with van der Waals surface area (Å²) in [6, 6.07) is 7.04. The minimum Gasteiger partial charge on any atom is -0.465 e. The third-order valence-corrected chi connectivity index (χ3v) is 3.05. The third kappa shape index (κ3) is 5.40. The molecule has 0 aliphatic rings. The summed E-state index contributed by atoms with van der Waals surface area (Å²) in [7, 11) is 1.34. The van der Waals surface area contributed by atoms with Crippen molar-refractivity contribution < 1.29 is 14.3 Å². The molecule has 0 radical (unpaired) electrons. The Hall–Kier alpha value is -1.88. The number of carbonyl (C=O) groups excluding carboxylic acids is 2. The molecule has 1 aromatic carbocycles. The molecule has 110 valence electrons. The second-order valence-corrected chi connectivity index (χ2v) is 4.63. The van der Waals surface area contributed by atoms with Crippen molar-refractivity contribution in [1.29, 1.82) is 0 Å². The van der Waals surface area contributed by atoms with Gasteiger partial charge in [-0.25, -0.2) is 4.79 Å². The van der Waals surface area contributed by atoms with Gasteiger partial charge in [-0.1, -0.05) is 6.92 Å². The Morgan fingerprint density at radius 2 is 1.90 bits per heavy atom. The van der Waals surface area contributed by atoms with Crippen LogP contribution in [0.4, 0.5) is 5.69 Å². The third-order valence-electron chi connectivity index (χ3n) is 3.05. The lowest BCUT2D eigenvalue weighted by Crippen LogP contribution is -2.28. The number of esters is 1. The molecule has 1 unspecified atom stereocenters. The smallest absolute Gasteiger partial charge is 0.337 e. The van der Waals surface area contributed by atoms with Gasteiger partial charge in [0.25, 0.3) is 0 Å². The fraction of sp³-hybridized carbons (Fsp3) is 0.467. The SMILES string of the molecule is CCC(C)NCCC(=O)Nc1ccc(C(=O)OC)cc1. The highest BCUT2D eigenvalue weighted by Crippen LogP contribution is 2.10. The van der Waals surface area contributed by atoms with Crippen LogP contribution in [-0.2, 0) is 9.53 Å². The van der Waals surface area contributed by atoms with E-state index >= 15 is 0 Å². The number of methoxy groups -OCH3 is 1. The first-order valence-corrected chi connectivity index (χ1v) is 6.78. The lowest BCUT2D eigenvalue weighted by Gasteiger charge is -2.11. The van der Waals surface area contributed by atoms with Gasteiger partial charge in [-0.3, -0.25) is 4.79 Å². The van der Waals surface area contributed by atoms with E-state index in [0.29, 0.717) is 30.3 Å². The minimum absolute atomic E-state index is 0.0494. The molecular formula is C15H22N2O3. The Morgan fingerprint density at radius 1 is 1.25 bits per heavy atom. The topological polar surface area (TPSA) is 67.4 Å². The first-order valence-electron chi connectivity index (χ1n) is 6.78. The lowest BCUT2D eigenvalue weighted by atomic mass is 10.2. The molecule has 0 bridgehead atoms. The predicted molar refractivity (Wildman–Crippen MR) is 78.8 cm³/mol. The van der Waals surface area contributed by atoms with Gasteiger partial charge in [-0.05, 0) is 37.6 Å². The zero-order valence-electron chi connectivity index (χ0n) is 12.2. The number of amides is 1. The number of rotatable bonds is 7. The number of hydrogen-bond acceptors (Lipinski definition) is 4. The van der Waals surface area contributed by atoms with E-state index in [1.807, 2.05) is 0 Å². The highest BCUT2D eigenvalue weighted by Gasteiger charge is 2.06. The van der Waals surface area contributed by atoms with Crippen LogP contribution in [0.3, 0.4) is 0 Å². The maximum Gasteiger partial charge on any atom is 0.337 e. The zero-order valence-corrected chi connectivity index (χ0v) is 12.2. The fourth-order valence-corrected chi connectivity index (χ4v) is 1.61. The molecule has 0 aromatic heterocycles. The van der Waals surface area contributed by atoms with Gasteiger partial charge in [0.2, 0.25) is 5.91 Å². The summed E-state index contributed by atoms with van der Waals surface area (Å²) in [5, 5.41) is 6.05. The summed E-state index contributed by atoms with van der Waals surface area (Å²) in [4.78, 5) is 23.0. The summed E-state index contributed by atoms with van der Waals surface area (Å²) in [5.41, 5.74) is 1.13. The largest absolute Gasteiger partial charge is 0.465 e. The Kier molecular flexibility index (Phi) is 6.73. The molecule has 0 heterocycles. The van der Waals surface area contributed by atoms with E-state index in [-0.39, 0.29) is 11.9 Å². The van der Waals surface area contributed by atoms with Crippen molar-refractivity contribution in [3.05, 3.63) is 29.8 Å². The van der Waals surface area contributed by atoms with Gasteiger partial charge in [0.05, 0.1) is 12.7 Å². The Morgan fingerprint density at radius 3 is 2.45 bits per heavy atom. The number of anilines is 1. The van der Waals surface area contributed by atoms with Crippen molar-refractivity contribution in [2.45, 2.75) is 32.7 Å². The Balaban J connectivity index is 2.40. The summed E-state index contributed by atoms with van der Waals surface area (Å²) < 4.78 is 4.61. The normalized spacial score (nSPS) is 11.8. The first-order chi connectivity index (χ1) is 9.56. The van der Waals surface area contributed by atoms with E-state index in [1.54, 1.807) is 24.3 Å². The van der Waals surface area contributed by atoms with Gasteiger partial charge in [-0.15, -0.1) is 0 Å². The maximum absolute atomic E-state index is 11.7. The van der Waals surface area contributed by atoms with Crippen LogP contribution in [0.15, 0.2) is 24.3 Å². The van der Waals surface area contributed by atoms with Gasteiger partial charge in [-0.2, -0.15) is 0 Å². The van der Waals surface area contributed by atoms with Gasteiger partial charge >= 0.3 is 5.97 Å². The molecular weight excluding hydrogens is 256 g/mol. The van der Waals surface area contributed by atoms with E-state index < -0.39 is 0 Å². The van der Waals surface area contributed by atoms with Crippen LogP contribution in [0.25, 0.3) is 0 Å². The Labute approximate surface area is 119 Å². The summed E-state index contributed by atoms with van der Waals surface area (Å²) in [5.74, 6) is -0.438. The molecule has 0 saturated heterocycles. The molecule has 0 fully saturated rings. The Bertz CT molecular complexity index is 443. The lowest BCUT2D eigenvalue weighted by molar-refractivity contribution is -0.116. The van der Waals surface area contributed by atoms with Crippen molar-refractivity contribution in [3.63, 3.8) is 0 Å². The van der Waals surface area contributed by atoms with Gasteiger partial charge in [0, 0.05) is 24.7 Å². The average Bonchev–Trinajstić information content (AvgIpc) is 2.47. The first kappa shape index (κ1) is 16.2. The second-order valence-electron chi connectivity index (χ2n) is 4.63. The van der Waals surface area contributed by atoms with Crippen molar-refractivity contribution >= 4 is 17.6 Å². The highest BCUT2D eigenvalue weighted by atomic mass is 16.5. The molecule has 0 aliphatic carbocycles. The highest BCUT2D eigenvalue weighted by molar-refractivity contribution is 5.93. The van der Waals surface area contributed by atoms with E-state index in [2.05, 4.69) is 29.2 Å². The number of carbonyl (C=O) groups is 2. The quantitative estimate of drug-likeness (QED) is 0.750. The van der Waals surface area contributed by atoms with Gasteiger partial charge in [0.15, 0.2) is 0 Å². The van der Waals surface area contributed by atoms with Crippen molar-refractivity contribution in [2.75, 3.05) is 19.0 Å². The van der Waals surface area contributed by atoms with Crippen molar-refractivity contribution in [2.24, 2.45) is 0 Å². The maximum atomic E-state index is 11.7. The van der Waals surface area contributed by atoms with E-state index in [9.17, 15) is 9.59 Å². The van der Waals surface area contributed by atoms with Crippen LogP contribution in [0.2, 0.25) is 0 Å². The molecule has 1 rings (SSSR count). The molecule has 5 nitrogen and oxygen atoms in total. The predicted octanol–water partition coefficient (Wildman–Crippen LogP) is 2.19. The van der Waals surface area contributed by atoms with Crippen LogP contribution in [0.5, 0.6) is 0 Å². The van der Waals surface area contributed by atoms with Crippen LogP contribution >= 0.6 is 0 Å².